The van der Waals surface area contributed by atoms with E-state index in [4.69, 9.17) is 4.74 Å². The van der Waals surface area contributed by atoms with Crippen molar-refractivity contribution in [2.24, 2.45) is 0 Å². The minimum Gasteiger partial charge on any atom is -0.462 e. The second-order valence-corrected chi connectivity index (χ2v) is 2.84. The van der Waals surface area contributed by atoms with Crippen LogP contribution in [0.15, 0.2) is 17.9 Å². The van der Waals surface area contributed by atoms with Crippen molar-refractivity contribution in [1.29, 1.82) is 0 Å². The van der Waals surface area contributed by atoms with Crippen LogP contribution in [0.2, 0.25) is 0 Å². The van der Waals surface area contributed by atoms with E-state index in [1.54, 1.807) is 0 Å². The number of esters is 1. The van der Waals surface area contributed by atoms with Gasteiger partial charge in [-0.3, -0.25) is 4.79 Å². The first-order valence-corrected chi connectivity index (χ1v) is 4.15. The SMILES string of the molecule is C=C=C(C)CC(=O)OC(C)CC. The second kappa shape index (κ2) is 5.62. The highest BCUT2D eigenvalue weighted by molar-refractivity contribution is 5.72. The van der Waals surface area contributed by atoms with Crippen LogP contribution in [0.1, 0.15) is 33.6 Å². The van der Waals surface area contributed by atoms with Crippen LogP contribution in [0.3, 0.4) is 0 Å². The molecule has 0 radical (unpaired) electrons. The molecule has 0 aromatic rings. The highest BCUT2D eigenvalue weighted by atomic mass is 16.5. The summed E-state index contributed by atoms with van der Waals surface area (Å²) in [7, 11) is 0. The molecular weight excluding hydrogens is 152 g/mol. The number of carbonyl (C=O) groups is 1. The van der Waals surface area contributed by atoms with Crippen LogP contribution in [-0.2, 0) is 9.53 Å². The van der Waals surface area contributed by atoms with E-state index in [1.165, 1.54) is 0 Å². The monoisotopic (exact) mass is 168 g/mol. The maximum atomic E-state index is 11.1. The van der Waals surface area contributed by atoms with Crippen molar-refractivity contribution < 1.29 is 9.53 Å². The molecule has 0 N–H and O–H groups in total. The molecule has 0 aliphatic rings. The lowest BCUT2D eigenvalue weighted by atomic mass is 10.2. The molecule has 0 fully saturated rings. The van der Waals surface area contributed by atoms with E-state index in [-0.39, 0.29) is 12.1 Å². The van der Waals surface area contributed by atoms with Gasteiger partial charge in [-0.25, -0.2) is 0 Å². The van der Waals surface area contributed by atoms with Gasteiger partial charge in [-0.15, -0.1) is 5.73 Å². The molecule has 0 amide bonds. The van der Waals surface area contributed by atoms with Crippen molar-refractivity contribution in [3.8, 4) is 0 Å². The summed E-state index contributed by atoms with van der Waals surface area (Å²) in [6, 6.07) is 0. The number of ether oxygens (including phenoxy) is 1. The Hall–Kier alpha value is -1.01. The highest BCUT2D eigenvalue weighted by Crippen LogP contribution is 2.03. The topological polar surface area (TPSA) is 26.3 Å². The highest BCUT2D eigenvalue weighted by Gasteiger charge is 2.07. The van der Waals surface area contributed by atoms with Crippen molar-refractivity contribution in [3.63, 3.8) is 0 Å². The predicted octanol–water partition coefficient (Wildman–Crippen LogP) is 2.45. The maximum Gasteiger partial charge on any atom is 0.310 e. The fourth-order valence-electron chi connectivity index (χ4n) is 0.628. The molecule has 12 heavy (non-hydrogen) atoms. The van der Waals surface area contributed by atoms with Gasteiger partial charge in [-0.2, -0.15) is 0 Å². The third-order valence-corrected chi connectivity index (χ3v) is 1.62. The van der Waals surface area contributed by atoms with Crippen LogP contribution in [0.25, 0.3) is 0 Å². The zero-order valence-electron chi connectivity index (χ0n) is 8.02. The van der Waals surface area contributed by atoms with Crippen molar-refractivity contribution in [2.75, 3.05) is 0 Å². The molecular formula is C10H16O2. The van der Waals surface area contributed by atoms with E-state index < -0.39 is 0 Å². The molecule has 1 unspecified atom stereocenters. The summed E-state index contributed by atoms with van der Waals surface area (Å²) >= 11 is 0. The summed E-state index contributed by atoms with van der Waals surface area (Å²) in [6.45, 7) is 9.11. The first kappa shape index (κ1) is 11.0. The second-order valence-electron chi connectivity index (χ2n) is 2.84. The van der Waals surface area contributed by atoms with Crippen molar-refractivity contribution >= 4 is 5.97 Å². The van der Waals surface area contributed by atoms with Crippen LogP contribution >= 0.6 is 0 Å². The van der Waals surface area contributed by atoms with Crippen LogP contribution < -0.4 is 0 Å². The zero-order chi connectivity index (χ0) is 9.56. The van der Waals surface area contributed by atoms with Gasteiger partial charge in [0.15, 0.2) is 0 Å². The Morgan fingerprint density at radius 1 is 1.67 bits per heavy atom. The summed E-state index contributed by atoms with van der Waals surface area (Å²) in [6.07, 6.45) is 1.16. The van der Waals surface area contributed by atoms with E-state index in [1.807, 2.05) is 20.8 Å². The lowest BCUT2D eigenvalue weighted by Gasteiger charge is -2.09. The average Bonchev–Trinajstić information content (AvgIpc) is 2.03. The van der Waals surface area contributed by atoms with Gasteiger partial charge in [0.2, 0.25) is 0 Å². The van der Waals surface area contributed by atoms with Gasteiger partial charge in [-0.05, 0) is 25.8 Å². The molecule has 0 heterocycles. The number of rotatable bonds is 4. The lowest BCUT2D eigenvalue weighted by Crippen LogP contribution is -2.13. The zero-order valence-corrected chi connectivity index (χ0v) is 8.02. The fourth-order valence-corrected chi connectivity index (χ4v) is 0.628. The normalized spacial score (nSPS) is 11.6. The standard InChI is InChI=1S/C10H16O2/c1-5-8(3)7-10(11)12-9(4)6-2/h9H,1,6-7H2,2-4H3. The van der Waals surface area contributed by atoms with Gasteiger partial charge in [0.25, 0.3) is 0 Å². The molecule has 0 saturated carbocycles. The lowest BCUT2D eigenvalue weighted by molar-refractivity contribution is -0.147. The average molecular weight is 168 g/mol. The third kappa shape index (κ3) is 4.75. The van der Waals surface area contributed by atoms with E-state index in [9.17, 15) is 4.79 Å². The predicted molar refractivity (Wildman–Crippen MR) is 48.8 cm³/mol. The van der Waals surface area contributed by atoms with E-state index in [0.29, 0.717) is 6.42 Å². The molecule has 0 aliphatic heterocycles. The van der Waals surface area contributed by atoms with Crippen molar-refractivity contribution in [1.82, 2.24) is 0 Å². The summed E-state index contributed by atoms with van der Waals surface area (Å²) in [5, 5.41) is 0. The Kier molecular flexibility index (Phi) is 5.14. The molecule has 0 aromatic heterocycles. The summed E-state index contributed by atoms with van der Waals surface area (Å²) in [4.78, 5) is 11.1. The molecule has 0 bridgehead atoms. The fraction of sp³-hybridized carbons (Fsp3) is 0.600. The molecule has 0 saturated heterocycles. The Morgan fingerprint density at radius 3 is 2.67 bits per heavy atom. The third-order valence-electron chi connectivity index (χ3n) is 1.62. The van der Waals surface area contributed by atoms with Crippen LogP contribution in [0.5, 0.6) is 0 Å². The minimum atomic E-state index is -0.196. The van der Waals surface area contributed by atoms with Crippen molar-refractivity contribution in [3.05, 3.63) is 17.9 Å². The summed E-state index contributed by atoms with van der Waals surface area (Å²) < 4.78 is 5.04. The molecule has 0 aromatic carbocycles. The Balaban J connectivity index is 3.82. The van der Waals surface area contributed by atoms with Crippen LogP contribution in [0.4, 0.5) is 0 Å². The van der Waals surface area contributed by atoms with Gasteiger partial charge in [-0.1, -0.05) is 13.5 Å². The summed E-state index contributed by atoms with van der Waals surface area (Å²) in [5.74, 6) is -0.196. The molecule has 0 aliphatic carbocycles. The number of hydrogen-bond acceptors (Lipinski definition) is 2. The van der Waals surface area contributed by atoms with Crippen LogP contribution in [-0.4, -0.2) is 12.1 Å². The van der Waals surface area contributed by atoms with E-state index in [0.717, 1.165) is 12.0 Å². The first-order chi connectivity index (χ1) is 5.60. The largest absolute Gasteiger partial charge is 0.462 e. The molecule has 2 heteroatoms. The quantitative estimate of drug-likeness (QED) is 0.476. The molecule has 0 rings (SSSR count). The molecule has 0 spiro atoms. The van der Waals surface area contributed by atoms with Crippen molar-refractivity contribution in [2.45, 2.75) is 39.7 Å². The molecule has 1 atom stereocenters. The Labute approximate surface area is 73.9 Å². The maximum absolute atomic E-state index is 11.1. The molecule has 2 nitrogen and oxygen atoms in total. The first-order valence-electron chi connectivity index (χ1n) is 4.15. The van der Waals surface area contributed by atoms with Gasteiger partial charge >= 0.3 is 5.97 Å². The smallest absolute Gasteiger partial charge is 0.310 e. The Bertz CT molecular complexity index is 200. The van der Waals surface area contributed by atoms with Gasteiger partial charge in [0.1, 0.15) is 0 Å². The van der Waals surface area contributed by atoms with E-state index in [2.05, 4.69) is 12.3 Å². The Morgan fingerprint density at radius 2 is 2.25 bits per heavy atom. The van der Waals surface area contributed by atoms with E-state index >= 15 is 0 Å². The van der Waals surface area contributed by atoms with Gasteiger partial charge in [0, 0.05) is 0 Å². The van der Waals surface area contributed by atoms with Crippen LogP contribution in [0, 0.1) is 0 Å². The minimum absolute atomic E-state index is 0.00937. The molecule has 68 valence electrons. The van der Waals surface area contributed by atoms with Gasteiger partial charge < -0.3 is 4.74 Å². The number of carbonyl (C=O) groups excluding carboxylic acids is 1. The summed E-state index contributed by atoms with van der Waals surface area (Å²) in [5.41, 5.74) is 3.48. The van der Waals surface area contributed by atoms with Gasteiger partial charge in [0.05, 0.1) is 12.5 Å². The number of hydrogen-bond donors (Lipinski definition) is 0.